The van der Waals surface area contributed by atoms with Gasteiger partial charge in [-0.3, -0.25) is 4.68 Å². The first-order valence-electron chi connectivity index (χ1n) is 13.7. The van der Waals surface area contributed by atoms with Gasteiger partial charge in [-0.25, -0.2) is 9.37 Å². The smallest absolute Gasteiger partial charge is 0.183 e. The number of aromatic hydroxyl groups is 1. The number of phenols is 1. The highest BCUT2D eigenvalue weighted by atomic mass is 35.5. The summed E-state index contributed by atoms with van der Waals surface area (Å²) in [6.07, 6.45) is 4.79. The molecule has 10 heteroatoms. The first-order chi connectivity index (χ1) is 19.8. The minimum atomic E-state index is -0.881. The van der Waals surface area contributed by atoms with Gasteiger partial charge in [0.2, 0.25) is 0 Å². The Balaban J connectivity index is 1.30. The van der Waals surface area contributed by atoms with E-state index in [-0.39, 0.29) is 23.5 Å². The number of benzene rings is 2. The summed E-state index contributed by atoms with van der Waals surface area (Å²) >= 11 is 6.05. The maximum atomic E-state index is 14.1. The summed E-state index contributed by atoms with van der Waals surface area (Å²) in [4.78, 5) is 4.90. The third kappa shape index (κ3) is 5.20. The second kappa shape index (κ2) is 10.9. The van der Waals surface area contributed by atoms with E-state index >= 15 is 0 Å². The fraction of sp³-hybridized carbons (Fsp3) is 0.355. The van der Waals surface area contributed by atoms with Crippen LogP contribution in [0.1, 0.15) is 60.9 Å². The average molecular weight is 579 g/mol. The van der Waals surface area contributed by atoms with E-state index in [1.807, 2.05) is 16.8 Å². The minimum absolute atomic E-state index is 0.0394. The average Bonchev–Trinajstić information content (AvgIpc) is 3.63. The normalized spacial score (nSPS) is 16.9. The zero-order chi connectivity index (χ0) is 28.8. The van der Waals surface area contributed by atoms with E-state index in [0.29, 0.717) is 54.1 Å². The zero-order valence-corrected chi connectivity index (χ0v) is 23.7. The molecule has 41 heavy (non-hydrogen) atoms. The summed E-state index contributed by atoms with van der Waals surface area (Å²) < 4.78 is 27.7. The molecule has 0 amide bonds. The van der Waals surface area contributed by atoms with Gasteiger partial charge in [0.1, 0.15) is 22.7 Å². The molecule has 1 aliphatic heterocycles. The molecule has 0 bridgehead atoms. The number of hydrogen-bond donors (Lipinski definition) is 3. The largest absolute Gasteiger partial charge is 0.505 e. The number of nitrogens with zero attached hydrogens (tertiary/aromatic N) is 3. The molecule has 0 saturated heterocycles. The molecule has 0 spiro atoms. The van der Waals surface area contributed by atoms with Crippen LogP contribution in [0.4, 0.5) is 4.39 Å². The van der Waals surface area contributed by atoms with E-state index < -0.39 is 11.6 Å². The number of aliphatic hydroxyl groups excluding tert-OH is 1. The van der Waals surface area contributed by atoms with E-state index in [2.05, 4.69) is 31.1 Å². The van der Waals surface area contributed by atoms with E-state index in [0.717, 1.165) is 40.6 Å². The van der Waals surface area contributed by atoms with Crippen LogP contribution in [0.25, 0.3) is 27.9 Å². The number of pyridine rings is 1. The molecule has 4 aromatic rings. The van der Waals surface area contributed by atoms with Crippen LogP contribution in [0.15, 0.2) is 43.1 Å². The summed E-state index contributed by atoms with van der Waals surface area (Å²) in [6, 6.07) is 9.19. The van der Waals surface area contributed by atoms with Crippen molar-refractivity contribution in [1.82, 2.24) is 20.1 Å². The number of phenolic OH excluding ortho intramolecular Hbond substituents is 1. The first kappa shape index (κ1) is 27.4. The Hall–Kier alpha value is -3.82. The lowest BCUT2D eigenvalue weighted by atomic mass is 9.94. The summed E-state index contributed by atoms with van der Waals surface area (Å²) in [7, 11) is 1.64. The maximum absolute atomic E-state index is 14.1. The molecule has 2 aromatic carbocycles. The molecule has 2 aromatic heterocycles. The number of fused-ring (bicyclic) bond motifs is 2. The van der Waals surface area contributed by atoms with Gasteiger partial charge in [0.25, 0.3) is 0 Å². The predicted molar refractivity (Wildman–Crippen MR) is 156 cm³/mol. The van der Waals surface area contributed by atoms with Crippen molar-refractivity contribution in [2.24, 2.45) is 0 Å². The third-order valence-electron chi connectivity index (χ3n) is 7.85. The molecule has 214 valence electrons. The standard InChI is InChI=1S/C31H32ClFN4O4/c1-16-15-41-31-23(16)12-25(35-30(31)20-9-24(32)28(33)26(39)10-20)18(6-7-38)13-34-17(2)19-8-21-14-37(22-4-5-22)36-29(21)27(11-19)40-3/h8-12,14,16,18,22,34,38-39H,2,4-7,13,15H2,1,3H3. The molecule has 8 nitrogen and oxygen atoms in total. The fourth-order valence-corrected chi connectivity index (χ4v) is 5.56. The SMILES string of the molecule is C=C(NCC(CCO)c1cc2c(c(-c3cc(O)c(F)c(Cl)c3)n1)OCC2C)c1cc(OC)c2nn(C3CC3)cc2c1. The third-order valence-corrected chi connectivity index (χ3v) is 8.13. The first-order valence-corrected chi connectivity index (χ1v) is 14.1. The second-order valence-corrected chi connectivity index (χ2v) is 11.2. The van der Waals surface area contributed by atoms with Crippen LogP contribution in [0.3, 0.4) is 0 Å². The molecule has 1 fully saturated rings. The lowest BCUT2D eigenvalue weighted by Crippen LogP contribution is -2.22. The molecule has 1 saturated carbocycles. The number of nitrogens with one attached hydrogen (secondary N) is 1. The summed E-state index contributed by atoms with van der Waals surface area (Å²) in [5.74, 6) is -0.222. The zero-order valence-electron chi connectivity index (χ0n) is 23.0. The van der Waals surface area contributed by atoms with Crippen molar-refractivity contribution in [2.45, 2.75) is 44.1 Å². The van der Waals surface area contributed by atoms with Crippen LogP contribution < -0.4 is 14.8 Å². The highest BCUT2D eigenvalue weighted by Gasteiger charge is 2.29. The van der Waals surface area contributed by atoms with Crippen LogP contribution in [0.5, 0.6) is 17.2 Å². The van der Waals surface area contributed by atoms with Gasteiger partial charge in [-0.1, -0.05) is 25.1 Å². The van der Waals surface area contributed by atoms with Crippen LogP contribution in [-0.4, -0.2) is 51.8 Å². The van der Waals surface area contributed by atoms with Crippen molar-refractivity contribution in [3.05, 3.63) is 70.8 Å². The lowest BCUT2D eigenvalue weighted by Gasteiger charge is -2.21. The highest BCUT2D eigenvalue weighted by molar-refractivity contribution is 6.31. The molecule has 1 aliphatic carbocycles. The number of methoxy groups -OCH3 is 1. The molecular weight excluding hydrogens is 547 g/mol. The number of halogens is 2. The van der Waals surface area contributed by atoms with Gasteiger partial charge in [0, 0.05) is 64.7 Å². The van der Waals surface area contributed by atoms with Crippen molar-refractivity contribution in [2.75, 3.05) is 26.9 Å². The molecule has 2 atom stereocenters. The van der Waals surface area contributed by atoms with Crippen molar-refractivity contribution in [1.29, 1.82) is 0 Å². The molecule has 6 rings (SSSR count). The quantitative estimate of drug-likeness (QED) is 0.207. The van der Waals surface area contributed by atoms with Gasteiger partial charge in [-0.05, 0) is 49.6 Å². The van der Waals surface area contributed by atoms with Crippen molar-refractivity contribution >= 4 is 28.2 Å². The van der Waals surface area contributed by atoms with Crippen LogP contribution in [0.2, 0.25) is 5.02 Å². The summed E-state index contributed by atoms with van der Waals surface area (Å²) in [5, 5.41) is 29.0. The van der Waals surface area contributed by atoms with E-state index in [4.69, 9.17) is 31.2 Å². The Kier molecular flexibility index (Phi) is 7.25. The van der Waals surface area contributed by atoms with Gasteiger partial charge in [0.05, 0.1) is 24.8 Å². The number of rotatable bonds is 10. The molecule has 2 aliphatic rings. The molecule has 3 N–H and O–H groups in total. The predicted octanol–water partition coefficient (Wildman–Crippen LogP) is 6.16. The molecule has 3 heterocycles. The number of aromatic nitrogens is 3. The Labute approximate surface area is 242 Å². The topological polar surface area (TPSA) is 102 Å². The van der Waals surface area contributed by atoms with E-state index in [9.17, 15) is 14.6 Å². The Morgan fingerprint density at radius 3 is 2.80 bits per heavy atom. The number of ether oxygens (including phenoxy) is 2. The molecule has 0 radical (unpaired) electrons. The van der Waals surface area contributed by atoms with Crippen LogP contribution >= 0.6 is 11.6 Å². The Morgan fingerprint density at radius 2 is 2.10 bits per heavy atom. The Morgan fingerprint density at radius 1 is 1.29 bits per heavy atom. The lowest BCUT2D eigenvalue weighted by molar-refractivity contribution is 0.274. The fourth-order valence-electron chi connectivity index (χ4n) is 5.34. The van der Waals surface area contributed by atoms with Gasteiger partial charge in [-0.15, -0.1) is 0 Å². The maximum Gasteiger partial charge on any atom is 0.183 e. The van der Waals surface area contributed by atoms with E-state index in [1.54, 1.807) is 7.11 Å². The Bertz CT molecular complexity index is 1630. The second-order valence-electron chi connectivity index (χ2n) is 10.8. The van der Waals surface area contributed by atoms with Crippen LogP contribution in [-0.2, 0) is 0 Å². The van der Waals surface area contributed by atoms with Gasteiger partial charge < -0.3 is 25.0 Å². The van der Waals surface area contributed by atoms with Crippen LogP contribution in [0, 0.1) is 5.82 Å². The van der Waals surface area contributed by atoms with Gasteiger partial charge in [0.15, 0.2) is 11.6 Å². The molecule has 2 unspecified atom stereocenters. The number of aliphatic hydroxyl groups is 1. The van der Waals surface area contributed by atoms with Gasteiger partial charge >= 0.3 is 0 Å². The highest BCUT2D eigenvalue weighted by Crippen LogP contribution is 2.44. The van der Waals surface area contributed by atoms with Gasteiger partial charge in [-0.2, -0.15) is 5.10 Å². The number of hydrogen-bond acceptors (Lipinski definition) is 7. The van der Waals surface area contributed by atoms with Crippen molar-refractivity contribution in [3.63, 3.8) is 0 Å². The van der Waals surface area contributed by atoms with Crippen molar-refractivity contribution < 1.29 is 24.1 Å². The monoisotopic (exact) mass is 578 g/mol. The summed E-state index contributed by atoms with van der Waals surface area (Å²) in [5.41, 5.74) is 5.05. The minimum Gasteiger partial charge on any atom is -0.505 e. The summed E-state index contributed by atoms with van der Waals surface area (Å²) in [6.45, 7) is 7.23. The van der Waals surface area contributed by atoms with Crippen molar-refractivity contribution in [3.8, 4) is 28.5 Å². The van der Waals surface area contributed by atoms with E-state index in [1.165, 1.54) is 12.1 Å². The molecular formula is C31H32ClFN4O4.